The van der Waals surface area contributed by atoms with Crippen LogP contribution in [-0.2, 0) is 16.1 Å². The van der Waals surface area contributed by atoms with Crippen molar-refractivity contribution in [1.82, 2.24) is 25.3 Å². The van der Waals surface area contributed by atoms with Crippen molar-refractivity contribution in [1.29, 1.82) is 0 Å². The number of ether oxygens (including phenoxy) is 2. The number of hydrogen-bond acceptors (Lipinski definition) is 7. The van der Waals surface area contributed by atoms with Crippen LogP contribution in [0.3, 0.4) is 0 Å². The maximum Gasteiger partial charge on any atom is 0.249 e. The minimum absolute atomic E-state index is 0.142. The summed E-state index contributed by atoms with van der Waals surface area (Å²) in [4.78, 5) is 33.4. The van der Waals surface area contributed by atoms with E-state index in [1.54, 1.807) is 49.8 Å². The Balaban J connectivity index is 1.81. The average molecular weight is 517 g/mol. The molecule has 10 nitrogen and oxygen atoms in total. The molecule has 2 aromatic carbocycles. The minimum atomic E-state index is -0.991. The van der Waals surface area contributed by atoms with E-state index in [0.717, 1.165) is 6.42 Å². The summed E-state index contributed by atoms with van der Waals surface area (Å²) < 4.78 is 12.5. The summed E-state index contributed by atoms with van der Waals surface area (Å²) >= 11 is 0. The van der Waals surface area contributed by atoms with Crippen molar-refractivity contribution >= 4 is 28.5 Å². The lowest BCUT2D eigenvalue weighted by atomic mass is 10.0. The Bertz CT molecular complexity index is 1390. The first-order valence-electron chi connectivity index (χ1n) is 12.4. The average Bonchev–Trinajstić information content (AvgIpc) is 3.34. The number of pyridine rings is 1. The number of carbonyl (C=O) groups excluding carboxylic acids is 2. The lowest BCUT2D eigenvalue weighted by molar-refractivity contribution is -0.127. The third-order valence-electron chi connectivity index (χ3n) is 6.17. The van der Waals surface area contributed by atoms with Crippen LogP contribution in [0.5, 0.6) is 11.5 Å². The molecule has 0 fully saturated rings. The third kappa shape index (κ3) is 5.91. The van der Waals surface area contributed by atoms with E-state index in [-0.39, 0.29) is 18.4 Å². The van der Waals surface area contributed by atoms with Crippen LogP contribution >= 0.6 is 0 Å². The van der Waals surface area contributed by atoms with Crippen LogP contribution in [0.25, 0.3) is 11.0 Å². The summed E-state index contributed by atoms with van der Waals surface area (Å²) in [6.45, 7) is 4.52. The highest BCUT2D eigenvalue weighted by atomic mass is 16.5. The van der Waals surface area contributed by atoms with E-state index in [2.05, 4.69) is 34.5 Å². The van der Waals surface area contributed by atoms with E-state index < -0.39 is 6.04 Å². The summed E-state index contributed by atoms with van der Waals surface area (Å²) in [5, 5.41) is 11.4. The Morgan fingerprint density at radius 2 is 1.79 bits per heavy atom. The Morgan fingerprint density at radius 3 is 2.50 bits per heavy atom. The van der Waals surface area contributed by atoms with Gasteiger partial charge in [0.15, 0.2) is 0 Å². The summed E-state index contributed by atoms with van der Waals surface area (Å²) in [7, 11) is 3.06. The van der Waals surface area contributed by atoms with Crippen LogP contribution < -0.4 is 19.7 Å². The van der Waals surface area contributed by atoms with E-state index >= 15 is 0 Å². The molecule has 38 heavy (non-hydrogen) atoms. The van der Waals surface area contributed by atoms with Crippen LogP contribution in [0.1, 0.15) is 31.9 Å². The topological polar surface area (TPSA) is 111 Å². The second kappa shape index (κ2) is 12.2. The largest absolute Gasteiger partial charge is 0.497 e. The highest BCUT2D eigenvalue weighted by molar-refractivity contribution is 6.02. The molecule has 1 atom stereocenters. The number of anilines is 1. The fourth-order valence-electron chi connectivity index (χ4n) is 4.18. The van der Waals surface area contributed by atoms with Crippen molar-refractivity contribution in [2.75, 3.05) is 25.7 Å². The van der Waals surface area contributed by atoms with Crippen molar-refractivity contribution in [3.8, 4) is 11.5 Å². The van der Waals surface area contributed by atoms with Gasteiger partial charge in [0.2, 0.25) is 11.8 Å². The molecule has 2 heterocycles. The van der Waals surface area contributed by atoms with Gasteiger partial charge in [-0.2, -0.15) is 0 Å². The van der Waals surface area contributed by atoms with E-state index in [1.807, 2.05) is 24.3 Å². The second-order valence-corrected chi connectivity index (χ2v) is 9.19. The Labute approximate surface area is 221 Å². The zero-order valence-electron chi connectivity index (χ0n) is 22.0. The molecule has 4 aromatic rings. The SMILES string of the molecule is COc1ccc(N(C(=O)Cn2nnc3ccccc32)[C@@H](C(=O)NCCC(C)C)c2ccncc2)c(OC)c1. The van der Waals surface area contributed by atoms with Gasteiger partial charge >= 0.3 is 0 Å². The molecule has 10 heteroatoms. The normalized spacial score (nSPS) is 11.8. The van der Waals surface area contributed by atoms with Crippen LogP contribution in [0.15, 0.2) is 67.0 Å². The number of fused-ring (bicyclic) bond motifs is 1. The molecule has 0 saturated carbocycles. The van der Waals surface area contributed by atoms with Gasteiger partial charge in [0.1, 0.15) is 29.6 Å². The van der Waals surface area contributed by atoms with Gasteiger partial charge in [0, 0.05) is 25.0 Å². The van der Waals surface area contributed by atoms with E-state index in [0.29, 0.717) is 46.2 Å². The smallest absolute Gasteiger partial charge is 0.249 e. The van der Waals surface area contributed by atoms with Crippen LogP contribution in [-0.4, -0.2) is 52.6 Å². The molecule has 4 rings (SSSR count). The molecule has 0 spiro atoms. The van der Waals surface area contributed by atoms with Crippen molar-refractivity contribution in [2.24, 2.45) is 5.92 Å². The quantitative estimate of drug-likeness (QED) is 0.323. The predicted molar refractivity (Wildman–Crippen MR) is 144 cm³/mol. The maximum atomic E-state index is 14.1. The number of nitrogens with one attached hydrogen (secondary N) is 1. The van der Waals surface area contributed by atoms with Crippen LogP contribution in [0.4, 0.5) is 5.69 Å². The van der Waals surface area contributed by atoms with Gasteiger partial charge in [0.25, 0.3) is 0 Å². The second-order valence-electron chi connectivity index (χ2n) is 9.19. The number of benzene rings is 2. The molecular weight excluding hydrogens is 484 g/mol. The number of methoxy groups -OCH3 is 2. The zero-order chi connectivity index (χ0) is 27.1. The first kappa shape index (κ1) is 26.6. The molecule has 0 unspecified atom stereocenters. The zero-order valence-corrected chi connectivity index (χ0v) is 22.0. The number of carbonyl (C=O) groups is 2. The molecule has 0 saturated heterocycles. The molecule has 198 valence electrons. The van der Waals surface area contributed by atoms with Crippen LogP contribution in [0, 0.1) is 5.92 Å². The minimum Gasteiger partial charge on any atom is -0.497 e. The maximum absolute atomic E-state index is 14.1. The van der Waals surface area contributed by atoms with Gasteiger partial charge < -0.3 is 14.8 Å². The van der Waals surface area contributed by atoms with E-state index in [4.69, 9.17) is 9.47 Å². The number of para-hydroxylation sites is 1. The lowest BCUT2D eigenvalue weighted by Crippen LogP contribution is -2.45. The monoisotopic (exact) mass is 516 g/mol. The van der Waals surface area contributed by atoms with E-state index in [1.165, 1.54) is 16.7 Å². The number of aromatic nitrogens is 4. The van der Waals surface area contributed by atoms with Gasteiger partial charge in [-0.15, -0.1) is 5.10 Å². The fraction of sp³-hybridized carbons (Fsp3) is 0.321. The first-order valence-corrected chi connectivity index (χ1v) is 12.4. The van der Waals surface area contributed by atoms with Crippen molar-refractivity contribution in [3.63, 3.8) is 0 Å². The predicted octanol–water partition coefficient (Wildman–Crippen LogP) is 3.78. The van der Waals surface area contributed by atoms with Gasteiger partial charge in [-0.3, -0.25) is 19.5 Å². The van der Waals surface area contributed by atoms with Crippen LogP contribution in [0.2, 0.25) is 0 Å². The Hall–Kier alpha value is -4.47. The number of rotatable bonds is 11. The molecular formula is C28H32N6O4. The highest BCUT2D eigenvalue weighted by Gasteiger charge is 2.35. The van der Waals surface area contributed by atoms with Gasteiger partial charge in [-0.1, -0.05) is 31.2 Å². The third-order valence-corrected chi connectivity index (χ3v) is 6.17. The van der Waals surface area contributed by atoms with Crippen molar-refractivity contribution < 1.29 is 19.1 Å². The van der Waals surface area contributed by atoms with Gasteiger partial charge in [0.05, 0.1) is 25.4 Å². The fourth-order valence-corrected chi connectivity index (χ4v) is 4.18. The molecule has 0 radical (unpaired) electrons. The first-order chi connectivity index (χ1) is 18.4. The van der Waals surface area contributed by atoms with Gasteiger partial charge in [-0.25, -0.2) is 4.68 Å². The molecule has 0 aliphatic heterocycles. The molecule has 2 aromatic heterocycles. The lowest BCUT2D eigenvalue weighted by Gasteiger charge is -2.32. The molecule has 1 N–H and O–H groups in total. The Morgan fingerprint density at radius 1 is 1.03 bits per heavy atom. The summed E-state index contributed by atoms with van der Waals surface area (Å²) in [5.41, 5.74) is 2.41. The van der Waals surface area contributed by atoms with E-state index in [9.17, 15) is 9.59 Å². The van der Waals surface area contributed by atoms with Gasteiger partial charge in [-0.05, 0) is 54.3 Å². The highest BCUT2D eigenvalue weighted by Crippen LogP contribution is 2.37. The molecule has 0 aliphatic rings. The standard InChI is InChI=1S/C28H32N6O4/c1-19(2)11-16-30-28(36)27(20-12-14-29-15-13-20)34(24-10-9-21(37-3)17-25(24)38-4)26(35)18-33-23-8-6-5-7-22(23)31-32-33/h5-10,12-15,17,19,27H,11,16,18H2,1-4H3,(H,30,36)/t27-/m1/s1. The summed E-state index contributed by atoms with van der Waals surface area (Å²) in [6.07, 6.45) is 4.00. The Kier molecular flexibility index (Phi) is 8.52. The molecule has 0 bridgehead atoms. The summed E-state index contributed by atoms with van der Waals surface area (Å²) in [5.74, 6) is 0.670. The number of amides is 2. The van der Waals surface area contributed by atoms with Crippen molar-refractivity contribution in [2.45, 2.75) is 32.9 Å². The molecule has 0 aliphatic carbocycles. The molecule has 2 amide bonds. The van der Waals surface area contributed by atoms with Crippen molar-refractivity contribution in [3.05, 3.63) is 72.6 Å². The number of nitrogens with zero attached hydrogens (tertiary/aromatic N) is 5. The summed E-state index contributed by atoms with van der Waals surface area (Å²) in [6, 6.07) is 15.0. The number of hydrogen-bond donors (Lipinski definition) is 1.